The van der Waals surface area contributed by atoms with Crippen molar-refractivity contribution < 1.29 is 5.11 Å². The Hall–Kier alpha value is -1.77. The van der Waals surface area contributed by atoms with Gasteiger partial charge in [-0.15, -0.1) is 0 Å². The van der Waals surface area contributed by atoms with Crippen LogP contribution in [0.2, 0.25) is 0 Å². The number of hydrogen-bond donors (Lipinski definition) is 1. The van der Waals surface area contributed by atoms with Crippen LogP contribution in [0.4, 0.5) is 0 Å². The summed E-state index contributed by atoms with van der Waals surface area (Å²) in [5.74, 6) is 0.226. The summed E-state index contributed by atoms with van der Waals surface area (Å²) in [6.07, 6.45) is 0. The number of aryl methyl sites for hydroxylation is 2. The molecule has 0 bridgehead atoms. The van der Waals surface area contributed by atoms with Gasteiger partial charge in [0.15, 0.2) is 0 Å². The van der Waals surface area contributed by atoms with Crippen LogP contribution in [-0.2, 0) is 12.5 Å². The highest BCUT2D eigenvalue weighted by molar-refractivity contribution is 5.72. The maximum absolute atomic E-state index is 10.2. The van der Waals surface area contributed by atoms with Crippen LogP contribution in [0.15, 0.2) is 24.3 Å². The SMILES string of the molecule is Cc1ccc(-c2c(C(C)(C)C)nn(C)c2O)cc1. The van der Waals surface area contributed by atoms with Gasteiger partial charge in [0, 0.05) is 12.5 Å². The molecule has 1 aromatic carbocycles. The Kier molecular flexibility index (Phi) is 2.93. The number of hydrogen-bond acceptors (Lipinski definition) is 2. The van der Waals surface area contributed by atoms with Gasteiger partial charge in [0.25, 0.3) is 0 Å². The summed E-state index contributed by atoms with van der Waals surface area (Å²) in [5.41, 5.74) is 3.88. The lowest BCUT2D eigenvalue weighted by Crippen LogP contribution is -2.13. The highest BCUT2D eigenvalue weighted by Crippen LogP contribution is 2.38. The molecule has 0 aliphatic carbocycles. The van der Waals surface area contributed by atoms with Crippen LogP contribution in [0.25, 0.3) is 11.1 Å². The van der Waals surface area contributed by atoms with Gasteiger partial charge in [-0.05, 0) is 12.5 Å². The normalized spacial score (nSPS) is 11.8. The number of rotatable bonds is 1. The van der Waals surface area contributed by atoms with Gasteiger partial charge in [0.1, 0.15) is 0 Å². The third-order valence-electron chi connectivity index (χ3n) is 3.07. The fraction of sp³-hybridized carbons (Fsp3) is 0.400. The molecule has 0 amide bonds. The third-order valence-corrected chi connectivity index (χ3v) is 3.07. The minimum absolute atomic E-state index is 0.0983. The molecule has 3 nitrogen and oxygen atoms in total. The predicted octanol–water partition coefficient (Wildman–Crippen LogP) is 3.40. The van der Waals surface area contributed by atoms with E-state index in [1.807, 2.05) is 24.3 Å². The van der Waals surface area contributed by atoms with E-state index >= 15 is 0 Å². The molecular weight excluding hydrogens is 224 g/mol. The van der Waals surface area contributed by atoms with Gasteiger partial charge in [0.2, 0.25) is 5.88 Å². The van der Waals surface area contributed by atoms with Gasteiger partial charge >= 0.3 is 0 Å². The van der Waals surface area contributed by atoms with Crippen LogP contribution in [0, 0.1) is 6.92 Å². The van der Waals surface area contributed by atoms with E-state index in [2.05, 4.69) is 32.8 Å². The Morgan fingerprint density at radius 2 is 1.67 bits per heavy atom. The van der Waals surface area contributed by atoms with E-state index in [4.69, 9.17) is 0 Å². The first-order chi connectivity index (χ1) is 8.30. The molecule has 1 aromatic heterocycles. The van der Waals surface area contributed by atoms with Crippen LogP contribution >= 0.6 is 0 Å². The second-order valence-corrected chi connectivity index (χ2v) is 5.79. The molecule has 1 heterocycles. The zero-order chi connectivity index (χ0) is 13.5. The molecule has 0 aliphatic heterocycles. The number of benzene rings is 1. The Balaban J connectivity index is 2.66. The second-order valence-electron chi connectivity index (χ2n) is 5.79. The van der Waals surface area contributed by atoms with Crippen molar-refractivity contribution in [2.45, 2.75) is 33.1 Å². The maximum atomic E-state index is 10.2. The van der Waals surface area contributed by atoms with Gasteiger partial charge in [-0.3, -0.25) is 0 Å². The standard InChI is InChI=1S/C15H20N2O/c1-10-6-8-11(9-7-10)12-13(15(2,3)4)16-17(5)14(12)18/h6-9,18H,1-5H3. The highest BCUT2D eigenvalue weighted by atomic mass is 16.3. The minimum atomic E-state index is -0.0983. The average Bonchev–Trinajstić information content (AvgIpc) is 2.57. The molecule has 0 saturated heterocycles. The van der Waals surface area contributed by atoms with Crippen molar-refractivity contribution in [2.24, 2.45) is 7.05 Å². The Morgan fingerprint density at radius 1 is 1.11 bits per heavy atom. The Bertz CT molecular complexity index is 559. The molecule has 0 aliphatic rings. The van der Waals surface area contributed by atoms with Crippen LogP contribution < -0.4 is 0 Å². The summed E-state index contributed by atoms with van der Waals surface area (Å²) in [6.45, 7) is 8.36. The Labute approximate surface area is 108 Å². The molecule has 1 N–H and O–H groups in total. The molecule has 0 atom stereocenters. The van der Waals surface area contributed by atoms with Crippen molar-refractivity contribution in [1.82, 2.24) is 9.78 Å². The van der Waals surface area contributed by atoms with E-state index < -0.39 is 0 Å². The van der Waals surface area contributed by atoms with Crippen LogP contribution in [0.3, 0.4) is 0 Å². The third kappa shape index (κ3) is 2.13. The fourth-order valence-corrected chi connectivity index (χ4v) is 2.03. The molecule has 0 fully saturated rings. The lowest BCUT2D eigenvalue weighted by molar-refractivity contribution is 0.420. The molecule has 0 radical (unpaired) electrons. The fourth-order valence-electron chi connectivity index (χ4n) is 2.03. The van der Waals surface area contributed by atoms with Crippen LogP contribution in [0.1, 0.15) is 32.0 Å². The number of aromatic hydroxyl groups is 1. The van der Waals surface area contributed by atoms with Gasteiger partial charge in [-0.25, -0.2) is 4.68 Å². The van der Waals surface area contributed by atoms with Crippen molar-refractivity contribution >= 4 is 0 Å². The minimum Gasteiger partial charge on any atom is -0.493 e. The second kappa shape index (κ2) is 4.16. The summed E-state index contributed by atoms with van der Waals surface area (Å²) in [4.78, 5) is 0. The zero-order valence-corrected chi connectivity index (χ0v) is 11.7. The van der Waals surface area contributed by atoms with E-state index in [0.29, 0.717) is 0 Å². The van der Waals surface area contributed by atoms with Crippen molar-refractivity contribution in [3.05, 3.63) is 35.5 Å². The topological polar surface area (TPSA) is 38.0 Å². The van der Waals surface area contributed by atoms with Crippen molar-refractivity contribution in [1.29, 1.82) is 0 Å². The zero-order valence-electron chi connectivity index (χ0n) is 11.7. The lowest BCUT2D eigenvalue weighted by Gasteiger charge is -2.17. The summed E-state index contributed by atoms with van der Waals surface area (Å²) in [7, 11) is 1.77. The first kappa shape index (κ1) is 12.7. The molecule has 0 spiro atoms. The Morgan fingerprint density at radius 3 is 2.17 bits per heavy atom. The monoisotopic (exact) mass is 244 g/mol. The molecule has 96 valence electrons. The van der Waals surface area contributed by atoms with E-state index in [1.165, 1.54) is 10.2 Å². The average molecular weight is 244 g/mol. The summed E-state index contributed by atoms with van der Waals surface area (Å²) >= 11 is 0. The lowest BCUT2D eigenvalue weighted by atomic mass is 9.87. The van der Waals surface area contributed by atoms with E-state index in [9.17, 15) is 5.11 Å². The van der Waals surface area contributed by atoms with Gasteiger partial charge in [0.05, 0.1) is 11.3 Å². The van der Waals surface area contributed by atoms with E-state index in [-0.39, 0.29) is 11.3 Å². The van der Waals surface area contributed by atoms with Gasteiger partial charge in [-0.2, -0.15) is 5.10 Å². The predicted molar refractivity (Wildman–Crippen MR) is 73.7 cm³/mol. The van der Waals surface area contributed by atoms with Gasteiger partial charge in [-0.1, -0.05) is 50.6 Å². The molecular formula is C15H20N2O. The first-order valence-electron chi connectivity index (χ1n) is 6.14. The summed E-state index contributed by atoms with van der Waals surface area (Å²) in [5, 5.41) is 14.7. The molecule has 2 rings (SSSR count). The first-order valence-corrected chi connectivity index (χ1v) is 6.14. The highest BCUT2D eigenvalue weighted by Gasteiger charge is 2.26. The molecule has 18 heavy (non-hydrogen) atoms. The molecule has 3 heteroatoms. The summed E-state index contributed by atoms with van der Waals surface area (Å²) in [6, 6.07) is 8.16. The molecule has 0 saturated carbocycles. The van der Waals surface area contributed by atoms with Crippen molar-refractivity contribution in [2.75, 3.05) is 0 Å². The largest absolute Gasteiger partial charge is 0.493 e. The van der Waals surface area contributed by atoms with Crippen LogP contribution in [-0.4, -0.2) is 14.9 Å². The van der Waals surface area contributed by atoms with Crippen molar-refractivity contribution in [3.63, 3.8) is 0 Å². The number of nitrogens with zero attached hydrogens (tertiary/aromatic N) is 2. The van der Waals surface area contributed by atoms with E-state index in [0.717, 1.165) is 16.8 Å². The molecule has 0 unspecified atom stereocenters. The molecule has 2 aromatic rings. The smallest absolute Gasteiger partial charge is 0.217 e. The summed E-state index contributed by atoms with van der Waals surface area (Å²) < 4.78 is 1.54. The van der Waals surface area contributed by atoms with Crippen molar-refractivity contribution in [3.8, 4) is 17.0 Å². The quantitative estimate of drug-likeness (QED) is 0.835. The maximum Gasteiger partial charge on any atom is 0.217 e. The van der Waals surface area contributed by atoms with Crippen LogP contribution in [0.5, 0.6) is 5.88 Å². The van der Waals surface area contributed by atoms with E-state index in [1.54, 1.807) is 7.05 Å². The number of aromatic nitrogens is 2. The van der Waals surface area contributed by atoms with Gasteiger partial charge < -0.3 is 5.11 Å².